The van der Waals surface area contributed by atoms with Gasteiger partial charge < -0.3 is 15.1 Å². The maximum Gasteiger partial charge on any atom is 0.271 e. The lowest BCUT2D eigenvalue weighted by molar-refractivity contribution is -0.384. The third-order valence-electron chi connectivity index (χ3n) is 4.74. The number of benzene rings is 1. The van der Waals surface area contributed by atoms with E-state index >= 15 is 0 Å². The molecule has 2 aliphatic heterocycles. The molecule has 0 radical (unpaired) electrons. The number of unbranched alkanes of at least 4 members (excludes halogenated alkanes) is 2. The van der Waals surface area contributed by atoms with Crippen LogP contribution in [0, 0.1) is 10.1 Å². The molecule has 2 heterocycles. The standard InChI is InChI=1S/C17H24N4O3/c22-17-13-20(11-3-1-2-8-19-9-4-5-10-19)16-7-6-14(21(23)24)12-15(16)18-17/h6-7,12H,1-5,8-11,13H2,(H,18,22). The third-order valence-corrected chi connectivity index (χ3v) is 4.74. The topological polar surface area (TPSA) is 78.7 Å². The van der Waals surface area contributed by atoms with Gasteiger partial charge in [-0.1, -0.05) is 6.42 Å². The Kier molecular flexibility index (Phi) is 5.30. The van der Waals surface area contributed by atoms with Crippen LogP contribution in [0.3, 0.4) is 0 Å². The van der Waals surface area contributed by atoms with Crippen LogP contribution in [0.15, 0.2) is 18.2 Å². The number of likely N-dealkylation sites (tertiary alicyclic amines) is 1. The first-order chi connectivity index (χ1) is 11.6. The van der Waals surface area contributed by atoms with Crippen LogP contribution in [0.25, 0.3) is 0 Å². The first-order valence-electron chi connectivity index (χ1n) is 8.69. The number of carbonyl (C=O) groups is 1. The van der Waals surface area contributed by atoms with E-state index in [1.54, 1.807) is 6.07 Å². The minimum atomic E-state index is -0.441. The number of anilines is 2. The Bertz CT molecular complexity index is 614. The lowest BCUT2D eigenvalue weighted by Crippen LogP contribution is -2.38. The van der Waals surface area contributed by atoms with Gasteiger partial charge in [0.15, 0.2) is 0 Å². The summed E-state index contributed by atoms with van der Waals surface area (Å²) in [4.78, 5) is 26.8. The Balaban J connectivity index is 1.52. The number of nitro groups is 1. The molecule has 0 unspecified atom stereocenters. The quantitative estimate of drug-likeness (QED) is 0.472. The number of rotatable bonds is 7. The molecular formula is C17H24N4O3. The largest absolute Gasteiger partial charge is 0.361 e. The van der Waals surface area contributed by atoms with Gasteiger partial charge in [-0.3, -0.25) is 14.9 Å². The Morgan fingerprint density at radius 2 is 1.88 bits per heavy atom. The van der Waals surface area contributed by atoms with Crippen molar-refractivity contribution in [2.75, 3.05) is 42.9 Å². The van der Waals surface area contributed by atoms with Crippen LogP contribution in [0.1, 0.15) is 32.1 Å². The number of hydrogen-bond donors (Lipinski definition) is 1. The molecule has 1 aromatic carbocycles. The average molecular weight is 332 g/mol. The summed E-state index contributed by atoms with van der Waals surface area (Å²) in [6.45, 7) is 4.76. The fourth-order valence-corrected chi connectivity index (χ4v) is 3.48. The van der Waals surface area contributed by atoms with Crippen molar-refractivity contribution >= 4 is 23.0 Å². The number of carbonyl (C=O) groups excluding carboxylic acids is 1. The molecule has 0 aliphatic carbocycles. The van der Waals surface area contributed by atoms with Crippen LogP contribution in [0.4, 0.5) is 17.1 Å². The molecule has 0 aromatic heterocycles. The fourth-order valence-electron chi connectivity index (χ4n) is 3.48. The van der Waals surface area contributed by atoms with E-state index in [1.165, 1.54) is 51.0 Å². The molecule has 3 rings (SSSR count). The second-order valence-electron chi connectivity index (χ2n) is 6.54. The average Bonchev–Trinajstić information content (AvgIpc) is 3.07. The first kappa shape index (κ1) is 16.7. The minimum Gasteiger partial charge on any atom is -0.361 e. The molecule has 1 aromatic rings. The Morgan fingerprint density at radius 3 is 2.62 bits per heavy atom. The van der Waals surface area contributed by atoms with Gasteiger partial charge in [-0.15, -0.1) is 0 Å². The summed E-state index contributed by atoms with van der Waals surface area (Å²) < 4.78 is 0. The maximum absolute atomic E-state index is 11.9. The second-order valence-corrected chi connectivity index (χ2v) is 6.54. The number of fused-ring (bicyclic) bond motifs is 1. The number of nitrogens with one attached hydrogen (secondary N) is 1. The van der Waals surface area contributed by atoms with Crippen molar-refractivity contribution in [3.8, 4) is 0 Å². The summed E-state index contributed by atoms with van der Waals surface area (Å²) in [6, 6.07) is 4.67. The lowest BCUT2D eigenvalue weighted by atomic mass is 10.1. The summed E-state index contributed by atoms with van der Waals surface area (Å²) in [6.07, 6.45) is 6.00. The zero-order valence-corrected chi connectivity index (χ0v) is 13.9. The van der Waals surface area contributed by atoms with Gasteiger partial charge >= 0.3 is 0 Å². The summed E-state index contributed by atoms with van der Waals surface area (Å²) in [5.41, 5.74) is 1.42. The van der Waals surface area contributed by atoms with Gasteiger partial charge in [-0.25, -0.2) is 0 Å². The van der Waals surface area contributed by atoms with Gasteiger partial charge in [0, 0.05) is 18.7 Å². The van der Waals surface area contributed by atoms with Crippen molar-refractivity contribution in [3.63, 3.8) is 0 Å². The number of amides is 1. The normalized spacial score (nSPS) is 17.7. The van der Waals surface area contributed by atoms with Gasteiger partial charge in [0.05, 0.1) is 22.8 Å². The molecule has 0 atom stereocenters. The highest BCUT2D eigenvalue weighted by atomic mass is 16.6. The highest BCUT2D eigenvalue weighted by Crippen LogP contribution is 2.32. The highest BCUT2D eigenvalue weighted by molar-refractivity contribution is 6.01. The van der Waals surface area contributed by atoms with Crippen molar-refractivity contribution in [1.29, 1.82) is 0 Å². The summed E-state index contributed by atoms with van der Waals surface area (Å²) in [5.74, 6) is -0.111. The molecule has 1 N–H and O–H groups in total. The zero-order chi connectivity index (χ0) is 16.9. The van der Waals surface area contributed by atoms with Crippen LogP contribution in [0.5, 0.6) is 0 Å². The lowest BCUT2D eigenvalue weighted by Gasteiger charge is -2.30. The first-order valence-corrected chi connectivity index (χ1v) is 8.69. The fraction of sp³-hybridized carbons (Fsp3) is 0.588. The van der Waals surface area contributed by atoms with Crippen LogP contribution in [-0.4, -0.2) is 48.5 Å². The molecule has 130 valence electrons. The molecule has 0 bridgehead atoms. The van der Waals surface area contributed by atoms with Crippen molar-refractivity contribution in [3.05, 3.63) is 28.3 Å². The number of hydrogen-bond acceptors (Lipinski definition) is 5. The summed E-state index contributed by atoms with van der Waals surface area (Å²) in [5, 5.41) is 13.6. The molecular weight excluding hydrogens is 308 g/mol. The predicted octanol–water partition coefficient (Wildman–Crippen LogP) is 2.62. The van der Waals surface area contributed by atoms with E-state index in [2.05, 4.69) is 10.2 Å². The van der Waals surface area contributed by atoms with Crippen molar-refractivity contribution in [1.82, 2.24) is 4.90 Å². The number of nitro benzene ring substituents is 1. The van der Waals surface area contributed by atoms with Gasteiger partial charge in [0.25, 0.3) is 5.69 Å². The SMILES string of the molecule is O=C1CN(CCCCCN2CCCC2)c2ccc([N+](=O)[O-])cc2N1. The van der Waals surface area contributed by atoms with E-state index in [0.29, 0.717) is 12.2 Å². The molecule has 0 saturated carbocycles. The Labute approximate surface area is 141 Å². The Hall–Kier alpha value is -2.15. The molecule has 2 aliphatic rings. The van der Waals surface area contributed by atoms with Crippen LogP contribution in [0.2, 0.25) is 0 Å². The number of nitrogens with zero attached hydrogens (tertiary/aromatic N) is 3. The van der Waals surface area contributed by atoms with E-state index < -0.39 is 4.92 Å². The van der Waals surface area contributed by atoms with E-state index in [-0.39, 0.29) is 11.6 Å². The van der Waals surface area contributed by atoms with Crippen molar-refractivity contribution in [2.24, 2.45) is 0 Å². The molecule has 0 spiro atoms. The van der Waals surface area contributed by atoms with Crippen LogP contribution < -0.4 is 10.2 Å². The molecule has 1 saturated heterocycles. The molecule has 7 nitrogen and oxygen atoms in total. The van der Waals surface area contributed by atoms with Crippen LogP contribution >= 0.6 is 0 Å². The van der Waals surface area contributed by atoms with Gasteiger partial charge in [0.1, 0.15) is 0 Å². The third kappa shape index (κ3) is 4.03. The number of non-ortho nitro benzene ring substituents is 1. The molecule has 1 amide bonds. The zero-order valence-electron chi connectivity index (χ0n) is 13.9. The van der Waals surface area contributed by atoms with Crippen LogP contribution in [-0.2, 0) is 4.79 Å². The summed E-state index contributed by atoms with van der Waals surface area (Å²) in [7, 11) is 0. The highest BCUT2D eigenvalue weighted by Gasteiger charge is 2.23. The summed E-state index contributed by atoms with van der Waals surface area (Å²) >= 11 is 0. The monoisotopic (exact) mass is 332 g/mol. The van der Waals surface area contributed by atoms with Gasteiger partial charge in [-0.2, -0.15) is 0 Å². The van der Waals surface area contributed by atoms with Gasteiger partial charge in [-0.05, 0) is 51.4 Å². The van der Waals surface area contributed by atoms with E-state index in [0.717, 1.165) is 25.1 Å². The molecule has 1 fully saturated rings. The molecule has 24 heavy (non-hydrogen) atoms. The predicted molar refractivity (Wildman–Crippen MR) is 93.5 cm³/mol. The molecule has 7 heteroatoms. The van der Waals surface area contributed by atoms with Crippen molar-refractivity contribution in [2.45, 2.75) is 32.1 Å². The smallest absolute Gasteiger partial charge is 0.271 e. The minimum absolute atomic E-state index is 0.00140. The Morgan fingerprint density at radius 1 is 1.12 bits per heavy atom. The van der Waals surface area contributed by atoms with E-state index in [1.807, 2.05) is 4.90 Å². The van der Waals surface area contributed by atoms with Crippen molar-refractivity contribution < 1.29 is 9.72 Å². The van der Waals surface area contributed by atoms with E-state index in [9.17, 15) is 14.9 Å². The van der Waals surface area contributed by atoms with E-state index in [4.69, 9.17) is 0 Å². The van der Waals surface area contributed by atoms with Gasteiger partial charge in [0.2, 0.25) is 5.91 Å². The second kappa shape index (κ2) is 7.61. The maximum atomic E-state index is 11.9.